The van der Waals surface area contributed by atoms with Crippen LogP contribution < -0.4 is 10.2 Å². The topological polar surface area (TPSA) is 93.8 Å². The highest BCUT2D eigenvalue weighted by Crippen LogP contribution is 2.12. The fourth-order valence-corrected chi connectivity index (χ4v) is 1.78. The number of hydrogen-bond acceptors (Lipinski definition) is 5. The van der Waals surface area contributed by atoms with Crippen molar-refractivity contribution >= 4 is 17.8 Å². The van der Waals surface area contributed by atoms with Gasteiger partial charge in [0, 0.05) is 17.7 Å². The van der Waals surface area contributed by atoms with Crippen LogP contribution in [0.25, 0.3) is 0 Å². The Bertz CT molecular complexity index is 744. The van der Waals surface area contributed by atoms with Crippen molar-refractivity contribution in [2.24, 2.45) is 5.10 Å². The summed E-state index contributed by atoms with van der Waals surface area (Å²) in [6, 6.07) is 13.3. The summed E-state index contributed by atoms with van der Waals surface area (Å²) in [5.41, 5.74) is 3.81. The normalized spacial score (nSPS) is 10.5. The molecule has 2 aromatic carbocycles. The van der Waals surface area contributed by atoms with Gasteiger partial charge in [0.1, 0.15) is 5.75 Å². The largest absolute Gasteiger partial charge is 0.484 e. The molecule has 7 nitrogen and oxygen atoms in total. The summed E-state index contributed by atoms with van der Waals surface area (Å²) in [5.74, 6) is 0.177. The van der Waals surface area contributed by atoms with Crippen LogP contribution in [0, 0.1) is 17.0 Å². The summed E-state index contributed by atoms with van der Waals surface area (Å²) >= 11 is 0. The maximum absolute atomic E-state index is 11.6. The average Bonchev–Trinajstić information content (AvgIpc) is 2.53. The molecule has 0 atom stereocenters. The molecule has 0 aliphatic rings. The maximum Gasteiger partial charge on any atom is 0.277 e. The highest BCUT2D eigenvalue weighted by atomic mass is 16.6. The molecule has 2 rings (SSSR count). The number of ether oxygens (including phenoxy) is 1. The number of carbonyl (C=O) groups is 1. The van der Waals surface area contributed by atoms with Gasteiger partial charge in [-0.15, -0.1) is 0 Å². The minimum atomic E-state index is -0.494. The molecule has 0 aliphatic heterocycles. The fourth-order valence-electron chi connectivity index (χ4n) is 1.78. The van der Waals surface area contributed by atoms with Gasteiger partial charge in [0.05, 0.1) is 11.1 Å². The first-order valence-electron chi connectivity index (χ1n) is 6.80. The van der Waals surface area contributed by atoms with E-state index in [9.17, 15) is 14.9 Å². The van der Waals surface area contributed by atoms with E-state index in [1.165, 1.54) is 18.3 Å². The molecule has 0 aliphatic carbocycles. The van der Waals surface area contributed by atoms with Crippen molar-refractivity contribution in [2.45, 2.75) is 6.92 Å². The van der Waals surface area contributed by atoms with E-state index in [0.29, 0.717) is 11.3 Å². The first-order chi connectivity index (χ1) is 11.0. The molecular formula is C16H15N3O4. The Morgan fingerprint density at radius 1 is 1.30 bits per heavy atom. The molecule has 1 N–H and O–H groups in total. The minimum absolute atomic E-state index is 0.0388. The van der Waals surface area contributed by atoms with Gasteiger partial charge in [-0.05, 0) is 24.6 Å². The molecule has 7 heteroatoms. The molecule has 0 fully saturated rings. The van der Waals surface area contributed by atoms with E-state index < -0.39 is 10.8 Å². The number of nitrogens with zero attached hydrogens (tertiary/aromatic N) is 2. The van der Waals surface area contributed by atoms with E-state index in [4.69, 9.17) is 4.74 Å². The van der Waals surface area contributed by atoms with Crippen LogP contribution in [0.3, 0.4) is 0 Å². The van der Waals surface area contributed by atoms with Gasteiger partial charge in [-0.2, -0.15) is 5.10 Å². The van der Waals surface area contributed by atoms with Crippen LogP contribution in [-0.2, 0) is 4.79 Å². The number of carbonyl (C=O) groups excluding carboxylic acids is 1. The number of non-ortho nitro benzene ring substituents is 1. The molecule has 2 aromatic rings. The second-order valence-electron chi connectivity index (χ2n) is 4.75. The lowest BCUT2D eigenvalue weighted by atomic mass is 10.2. The SMILES string of the molecule is Cc1cccc(OCC(=O)N/N=C/c2cccc([N+](=O)[O-])c2)c1. The van der Waals surface area contributed by atoms with Crippen LogP contribution in [0.5, 0.6) is 5.75 Å². The second kappa shape index (κ2) is 7.69. The quantitative estimate of drug-likeness (QED) is 0.503. The predicted octanol–water partition coefficient (Wildman–Crippen LogP) is 2.43. The van der Waals surface area contributed by atoms with Gasteiger partial charge in [-0.1, -0.05) is 24.3 Å². The molecule has 0 unspecified atom stereocenters. The van der Waals surface area contributed by atoms with Crippen LogP contribution >= 0.6 is 0 Å². The summed E-state index contributed by atoms with van der Waals surface area (Å²) in [6.07, 6.45) is 1.33. The zero-order chi connectivity index (χ0) is 16.7. The lowest BCUT2D eigenvalue weighted by Crippen LogP contribution is -2.24. The summed E-state index contributed by atoms with van der Waals surface area (Å²) in [5, 5.41) is 14.4. The zero-order valence-corrected chi connectivity index (χ0v) is 12.4. The Kier molecular flexibility index (Phi) is 5.40. The first-order valence-corrected chi connectivity index (χ1v) is 6.80. The van der Waals surface area contributed by atoms with Crippen molar-refractivity contribution in [2.75, 3.05) is 6.61 Å². The smallest absolute Gasteiger partial charge is 0.277 e. The van der Waals surface area contributed by atoms with E-state index in [2.05, 4.69) is 10.5 Å². The number of nitrogens with one attached hydrogen (secondary N) is 1. The number of nitro groups is 1. The van der Waals surface area contributed by atoms with Gasteiger partial charge in [0.2, 0.25) is 0 Å². The third-order valence-electron chi connectivity index (χ3n) is 2.84. The van der Waals surface area contributed by atoms with Crippen molar-refractivity contribution in [1.29, 1.82) is 0 Å². The molecule has 0 saturated heterocycles. The lowest BCUT2D eigenvalue weighted by Gasteiger charge is -2.05. The van der Waals surface area contributed by atoms with Gasteiger partial charge < -0.3 is 4.74 Å². The number of nitro benzene ring substituents is 1. The van der Waals surface area contributed by atoms with E-state index in [0.717, 1.165) is 5.56 Å². The van der Waals surface area contributed by atoms with E-state index in [-0.39, 0.29) is 12.3 Å². The van der Waals surface area contributed by atoms with Crippen LogP contribution in [-0.4, -0.2) is 23.7 Å². The standard InChI is InChI=1S/C16H15N3O4/c1-12-4-2-7-15(8-12)23-11-16(20)18-17-10-13-5-3-6-14(9-13)19(21)22/h2-10H,11H2,1H3,(H,18,20)/b17-10+. The molecule has 1 amide bonds. The van der Waals surface area contributed by atoms with Gasteiger partial charge in [-0.25, -0.2) is 5.43 Å². The number of hydrazone groups is 1. The summed E-state index contributed by atoms with van der Waals surface area (Å²) in [7, 11) is 0. The Hall–Kier alpha value is -3.22. The van der Waals surface area contributed by atoms with Crippen molar-refractivity contribution in [3.63, 3.8) is 0 Å². The molecule has 0 bridgehead atoms. The summed E-state index contributed by atoms with van der Waals surface area (Å²) in [4.78, 5) is 21.8. The van der Waals surface area contributed by atoms with Crippen LogP contribution in [0.15, 0.2) is 53.6 Å². The highest BCUT2D eigenvalue weighted by Gasteiger charge is 2.04. The molecule has 0 saturated carbocycles. The molecule has 118 valence electrons. The molecule has 0 aromatic heterocycles. The number of rotatable bonds is 6. The second-order valence-corrected chi connectivity index (χ2v) is 4.75. The van der Waals surface area contributed by atoms with Crippen molar-refractivity contribution < 1.29 is 14.5 Å². The number of benzene rings is 2. The monoisotopic (exact) mass is 313 g/mol. The van der Waals surface area contributed by atoms with Gasteiger partial charge in [-0.3, -0.25) is 14.9 Å². The van der Waals surface area contributed by atoms with E-state index >= 15 is 0 Å². The van der Waals surface area contributed by atoms with E-state index in [1.807, 2.05) is 25.1 Å². The Morgan fingerprint density at radius 3 is 2.83 bits per heavy atom. The molecule has 0 radical (unpaired) electrons. The zero-order valence-electron chi connectivity index (χ0n) is 12.4. The van der Waals surface area contributed by atoms with Crippen LogP contribution in [0.4, 0.5) is 5.69 Å². The first kappa shape index (κ1) is 16.2. The average molecular weight is 313 g/mol. The van der Waals surface area contributed by atoms with Gasteiger partial charge in [0.25, 0.3) is 11.6 Å². The molecule has 0 spiro atoms. The molecule has 0 heterocycles. The van der Waals surface area contributed by atoms with Gasteiger partial charge in [0.15, 0.2) is 6.61 Å². The van der Waals surface area contributed by atoms with Crippen LogP contribution in [0.2, 0.25) is 0 Å². The Morgan fingerprint density at radius 2 is 2.09 bits per heavy atom. The molecular weight excluding hydrogens is 298 g/mol. The highest BCUT2D eigenvalue weighted by molar-refractivity contribution is 5.83. The molecule has 23 heavy (non-hydrogen) atoms. The van der Waals surface area contributed by atoms with Crippen molar-refractivity contribution in [3.05, 3.63) is 69.8 Å². The fraction of sp³-hybridized carbons (Fsp3) is 0.125. The predicted molar refractivity (Wildman–Crippen MR) is 85.5 cm³/mol. The number of hydrogen-bond donors (Lipinski definition) is 1. The third-order valence-corrected chi connectivity index (χ3v) is 2.84. The summed E-state index contributed by atoms with van der Waals surface area (Å²) in [6.45, 7) is 1.76. The number of aryl methyl sites for hydroxylation is 1. The number of amides is 1. The van der Waals surface area contributed by atoms with E-state index in [1.54, 1.807) is 18.2 Å². The maximum atomic E-state index is 11.6. The lowest BCUT2D eigenvalue weighted by molar-refractivity contribution is -0.384. The summed E-state index contributed by atoms with van der Waals surface area (Å²) < 4.78 is 5.33. The van der Waals surface area contributed by atoms with Crippen molar-refractivity contribution in [3.8, 4) is 5.75 Å². The third kappa shape index (κ3) is 5.24. The van der Waals surface area contributed by atoms with Gasteiger partial charge >= 0.3 is 0 Å². The van der Waals surface area contributed by atoms with Crippen molar-refractivity contribution in [1.82, 2.24) is 5.43 Å². The van der Waals surface area contributed by atoms with Crippen LogP contribution in [0.1, 0.15) is 11.1 Å². The Labute approximate surface area is 132 Å². The Balaban J connectivity index is 1.84. The minimum Gasteiger partial charge on any atom is -0.484 e.